The number of hydrogen-bond donors (Lipinski definition) is 7. The van der Waals surface area contributed by atoms with Gasteiger partial charge < -0.3 is 38.3 Å². The van der Waals surface area contributed by atoms with Gasteiger partial charge in [0, 0.05) is 12.8 Å². The fourth-order valence-electron chi connectivity index (χ4n) is 3.10. The molecule has 0 bridgehead atoms. The maximum atomic E-state index is 13.0. The van der Waals surface area contributed by atoms with Crippen molar-refractivity contribution in [3.8, 4) is 0 Å². The van der Waals surface area contributed by atoms with Crippen LogP contribution >= 0.6 is 0 Å². The maximum absolute atomic E-state index is 13.0. The van der Waals surface area contributed by atoms with Gasteiger partial charge in [0.15, 0.2) is 0 Å². The molecule has 0 aliphatic carbocycles. The van der Waals surface area contributed by atoms with Crippen molar-refractivity contribution in [2.75, 3.05) is 0 Å². The quantitative estimate of drug-likeness (QED) is 0.123. The highest BCUT2D eigenvalue weighted by molar-refractivity contribution is 5.94. The van der Waals surface area contributed by atoms with Gasteiger partial charge in [0.1, 0.15) is 18.1 Å². The van der Waals surface area contributed by atoms with E-state index in [9.17, 15) is 33.9 Å². The number of hydrogen-bond acceptors (Lipinski definition) is 7. The lowest BCUT2D eigenvalue weighted by molar-refractivity contribution is -0.144. The van der Waals surface area contributed by atoms with E-state index in [1.165, 1.54) is 0 Å². The Morgan fingerprint density at radius 1 is 0.714 bits per heavy atom. The van der Waals surface area contributed by atoms with E-state index >= 15 is 0 Å². The molecule has 35 heavy (non-hydrogen) atoms. The summed E-state index contributed by atoms with van der Waals surface area (Å²) in [5.41, 5.74) is 16.3. The summed E-state index contributed by atoms with van der Waals surface area (Å²) in [7, 11) is 0. The van der Waals surface area contributed by atoms with Crippen molar-refractivity contribution in [3.05, 3.63) is 0 Å². The first-order valence-electron chi connectivity index (χ1n) is 11.7. The van der Waals surface area contributed by atoms with Gasteiger partial charge in [0.2, 0.25) is 29.5 Å². The third kappa shape index (κ3) is 11.7. The molecule has 200 valence electrons. The van der Waals surface area contributed by atoms with Crippen LogP contribution < -0.4 is 33.2 Å². The van der Waals surface area contributed by atoms with Crippen LogP contribution in [0.5, 0.6) is 0 Å². The second-order valence-electron chi connectivity index (χ2n) is 8.75. The van der Waals surface area contributed by atoms with Gasteiger partial charge >= 0.3 is 5.97 Å². The van der Waals surface area contributed by atoms with Gasteiger partial charge in [-0.25, -0.2) is 4.79 Å². The lowest BCUT2D eigenvalue weighted by Crippen LogP contribution is -2.58. The monoisotopic (exact) mass is 500 g/mol. The fraction of sp³-hybridized carbons (Fsp3) is 0.727. The Balaban J connectivity index is 5.72. The topological polar surface area (TPSA) is 237 Å². The molecule has 0 radical (unpaired) electrons. The second-order valence-corrected chi connectivity index (χ2v) is 8.75. The molecular formula is C22H40N6O7. The van der Waals surface area contributed by atoms with Crippen molar-refractivity contribution in [3.63, 3.8) is 0 Å². The molecule has 0 aliphatic rings. The van der Waals surface area contributed by atoms with Gasteiger partial charge in [0.05, 0.1) is 6.04 Å². The van der Waals surface area contributed by atoms with Crippen LogP contribution in [-0.2, 0) is 28.8 Å². The molecule has 6 atom stereocenters. The minimum Gasteiger partial charge on any atom is -0.480 e. The molecule has 0 fully saturated rings. The summed E-state index contributed by atoms with van der Waals surface area (Å²) >= 11 is 0. The highest BCUT2D eigenvalue weighted by atomic mass is 16.4. The number of primary amides is 2. The highest BCUT2D eigenvalue weighted by Gasteiger charge is 2.32. The Bertz CT molecular complexity index is 775. The number of carboxylic acid groups (broad SMARTS) is 1. The van der Waals surface area contributed by atoms with Gasteiger partial charge in [-0.2, -0.15) is 0 Å². The van der Waals surface area contributed by atoms with Crippen LogP contribution in [0.2, 0.25) is 0 Å². The van der Waals surface area contributed by atoms with Crippen LogP contribution in [0, 0.1) is 11.8 Å². The Morgan fingerprint density at radius 2 is 1.11 bits per heavy atom. The lowest BCUT2D eigenvalue weighted by atomic mass is 9.98. The highest BCUT2D eigenvalue weighted by Crippen LogP contribution is 2.10. The van der Waals surface area contributed by atoms with Crippen LogP contribution in [0.1, 0.15) is 66.2 Å². The summed E-state index contributed by atoms with van der Waals surface area (Å²) in [4.78, 5) is 72.5. The van der Waals surface area contributed by atoms with Crippen LogP contribution in [-0.4, -0.2) is 64.8 Å². The molecule has 0 aromatic rings. The standard InChI is InChI=1S/C22H40N6O7/c1-5-11(3)17(25)21(33)27-13(7-9-15(23)29)19(31)26-14(8-10-16(24)30)20(32)28-18(22(34)35)12(4)6-2/h11-14,17-18H,5-10,25H2,1-4H3,(H2,23,29)(H2,24,30)(H,26,31)(H,27,33)(H,28,32)(H,34,35). The zero-order valence-corrected chi connectivity index (χ0v) is 20.8. The Morgan fingerprint density at radius 3 is 1.49 bits per heavy atom. The summed E-state index contributed by atoms with van der Waals surface area (Å²) in [5.74, 6) is -5.55. The molecule has 0 saturated heterocycles. The summed E-state index contributed by atoms with van der Waals surface area (Å²) < 4.78 is 0. The van der Waals surface area contributed by atoms with E-state index in [2.05, 4.69) is 16.0 Å². The first-order chi connectivity index (χ1) is 16.2. The average Bonchev–Trinajstić information content (AvgIpc) is 2.79. The number of aliphatic carboxylic acids is 1. The number of nitrogens with two attached hydrogens (primary N) is 3. The first kappa shape index (κ1) is 31.8. The Labute approximate surface area is 205 Å². The lowest BCUT2D eigenvalue weighted by Gasteiger charge is -2.27. The summed E-state index contributed by atoms with van der Waals surface area (Å²) in [6.45, 7) is 7.02. The van der Waals surface area contributed by atoms with E-state index in [4.69, 9.17) is 17.2 Å². The molecule has 13 nitrogen and oxygen atoms in total. The SMILES string of the molecule is CCC(C)C(N)C(=O)NC(CCC(N)=O)C(=O)NC(CCC(N)=O)C(=O)NC(C(=O)O)C(C)CC. The molecular weight excluding hydrogens is 460 g/mol. The Kier molecular flexibility index (Phi) is 14.2. The molecule has 0 aromatic carbocycles. The average molecular weight is 501 g/mol. The summed E-state index contributed by atoms with van der Waals surface area (Å²) in [6, 6.07) is -4.71. The third-order valence-corrected chi connectivity index (χ3v) is 5.96. The molecule has 6 unspecified atom stereocenters. The number of carboxylic acids is 1. The predicted octanol–water partition coefficient (Wildman–Crippen LogP) is -1.52. The molecule has 0 saturated carbocycles. The number of carbonyl (C=O) groups excluding carboxylic acids is 5. The summed E-state index contributed by atoms with van der Waals surface area (Å²) in [6.07, 6.45) is 0.217. The number of rotatable bonds is 17. The largest absolute Gasteiger partial charge is 0.480 e. The van der Waals surface area contributed by atoms with Crippen LogP contribution in [0.3, 0.4) is 0 Å². The molecule has 13 heteroatoms. The van der Waals surface area contributed by atoms with Crippen molar-refractivity contribution in [2.45, 2.75) is 90.4 Å². The van der Waals surface area contributed by atoms with Gasteiger partial charge in [0.25, 0.3) is 0 Å². The maximum Gasteiger partial charge on any atom is 0.326 e. The molecule has 0 aliphatic heterocycles. The van der Waals surface area contributed by atoms with Crippen molar-refractivity contribution in [1.29, 1.82) is 0 Å². The molecule has 0 aromatic heterocycles. The minimum atomic E-state index is -1.32. The Hall–Kier alpha value is -3.22. The molecule has 0 rings (SSSR count). The number of amides is 5. The molecule has 0 heterocycles. The smallest absolute Gasteiger partial charge is 0.326 e. The van der Waals surface area contributed by atoms with E-state index in [-0.39, 0.29) is 31.6 Å². The first-order valence-corrected chi connectivity index (χ1v) is 11.7. The fourth-order valence-corrected chi connectivity index (χ4v) is 3.10. The zero-order chi connectivity index (χ0) is 27.3. The van der Waals surface area contributed by atoms with Crippen LogP contribution in [0.25, 0.3) is 0 Å². The summed E-state index contributed by atoms with van der Waals surface area (Å²) in [5, 5.41) is 16.7. The minimum absolute atomic E-state index is 0.158. The van der Waals surface area contributed by atoms with Crippen LogP contribution in [0.15, 0.2) is 0 Å². The zero-order valence-electron chi connectivity index (χ0n) is 20.8. The normalized spacial score (nSPS) is 16.0. The van der Waals surface area contributed by atoms with Crippen molar-refractivity contribution in [1.82, 2.24) is 16.0 Å². The van der Waals surface area contributed by atoms with E-state index in [1.807, 2.05) is 6.92 Å². The van der Waals surface area contributed by atoms with E-state index in [0.29, 0.717) is 12.8 Å². The van der Waals surface area contributed by atoms with Gasteiger partial charge in [-0.3, -0.25) is 24.0 Å². The van der Waals surface area contributed by atoms with Crippen LogP contribution in [0.4, 0.5) is 0 Å². The predicted molar refractivity (Wildman–Crippen MR) is 127 cm³/mol. The molecule has 0 spiro atoms. The van der Waals surface area contributed by atoms with Gasteiger partial charge in [-0.05, 0) is 24.7 Å². The second kappa shape index (κ2) is 15.6. The molecule has 5 amide bonds. The van der Waals surface area contributed by atoms with E-state index in [0.717, 1.165) is 0 Å². The number of nitrogens with one attached hydrogen (secondary N) is 3. The third-order valence-electron chi connectivity index (χ3n) is 5.96. The van der Waals surface area contributed by atoms with Crippen molar-refractivity contribution < 1.29 is 33.9 Å². The van der Waals surface area contributed by atoms with E-state index in [1.54, 1.807) is 20.8 Å². The van der Waals surface area contributed by atoms with Gasteiger partial charge in [-0.1, -0.05) is 40.5 Å². The van der Waals surface area contributed by atoms with E-state index < -0.39 is 65.6 Å². The number of carbonyl (C=O) groups is 6. The van der Waals surface area contributed by atoms with Crippen molar-refractivity contribution >= 4 is 35.5 Å². The molecule has 10 N–H and O–H groups in total. The van der Waals surface area contributed by atoms with Crippen molar-refractivity contribution in [2.24, 2.45) is 29.0 Å². The van der Waals surface area contributed by atoms with Gasteiger partial charge in [-0.15, -0.1) is 0 Å².